The lowest BCUT2D eigenvalue weighted by Crippen LogP contribution is -2.49. The number of ether oxygens (including phenoxy) is 1. The van der Waals surface area contributed by atoms with Crippen molar-refractivity contribution in [2.24, 2.45) is 17.6 Å². The molecule has 0 heterocycles. The van der Waals surface area contributed by atoms with E-state index >= 15 is 0 Å². The maximum absolute atomic E-state index is 11.9. The molecule has 0 radical (unpaired) electrons. The molecule has 0 aromatic heterocycles. The highest BCUT2D eigenvalue weighted by molar-refractivity contribution is 5.85. The third kappa shape index (κ3) is 4.75. The van der Waals surface area contributed by atoms with E-state index in [2.05, 4.69) is 19.2 Å². The van der Waals surface area contributed by atoms with Crippen LogP contribution in [-0.2, 0) is 9.53 Å². The summed E-state index contributed by atoms with van der Waals surface area (Å²) in [6.07, 6.45) is 4.26. The van der Waals surface area contributed by atoms with Crippen molar-refractivity contribution < 1.29 is 9.53 Å². The zero-order valence-electron chi connectivity index (χ0n) is 11.6. The molecule has 18 heavy (non-hydrogen) atoms. The first-order valence-electron chi connectivity index (χ1n) is 6.63. The molecular formula is C13H27ClN2O2. The van der Waals surface area contributed by atoms with E-state index < -0.39 is 6.10 Å². The zero-order valence-corrected chi connectivity index (χ0v) is 12.5. The molecule has 0 spiro atoms. The van der Waals surface area contributed by atoms with Crippen molar-refractivity contribution in [1.29, 1.82) is 0 Å². The summed E-state index contributed by atoms with van der Waals surface area (Å²) in [5, 5.41) is 3.11. The van der Waals surface area contributed by atoms with Crippen molar-refractivity contribution >= 4 is 18.3 Å². The summed E-state index contributed by atoms with van der Waals surface area (Å²) in [7, 11) is 1.53. The first-order chi connectivity index (χ1) is 8.10. The highest BCUT2D eigenvalue weighted by Gasteiger charge is 2.30. The molecule has 3 N–H and O–H groups in total. The van der Waals surface area contributed by atoms with Gasteiger partial charge in [-0.05, 0) is 24.7 Å². The lowest BCUT2D eigenvalue weighted by molar-refractivity contribution is -0.132. The summed E-state index contributed by atoms with van der Waals surface area (Å²) in [4.78, 5) is 11.9. The Morgan fingerprint density at radius 3 is 2.50 bits per heavy atom. The van der Waals surface area contributed by atoms with E-state index in [1.54, 1.807) is 0 Å². The Bertz CT molecular complexity index is 245. The van der Waals surface area contributed by atoms with Gasteiger partial charge in [0.25, 0.3) is 5.91 Å². The molecule has 4 nitrogen and oxygen atoms in total. The predicted octanol–water partition coefficient (Wildman–Crippen LogP) is 1.71. The quantitative estimate of drug-likeness (QED) is 0.805. The first-order valence-corrected chi connectivity index (χ1v) is 6.63. The van der Waals surface area contributed by atoms with Crippen molar-refractivity contribution in [2.45, 2.75) is 51.7 Å². The van der Waals surface area contributed by atoms with Gasteiger partial charge in [-0.15, -0.1) is 12.4 Å². The average molecular weight is 279 g/mol. The summed E-state index contributed by atoms with van der Waals surface area (Å²) < 4.78 is 5.06. The molecule has 108 valence electrons. The largest absolute Gasteiger partial charge is 0.370 e. The van der Waals surface area contributed by atoms with Crippen molar-refractivity contribution in [3.63, 3.8) is 0 Å². The van der Waals surface area contributed by atoms with Gasteiger partial charge in [0, 0.05) is 19.7 Å². The molecule has 0 saturated heterocycles. The molecule has 0 bridgehead atoms. The maximum Gasteiger partial charge on any atom is 0.250 e. The van der Waals surface area contributed by atoms with E-state index in [4.69, 9.17) is 10.5 Å². The van der Waals surface area contributed by atoms with Crippen molar-refractivity contribution in [2.75, 3.05) is 13.7 Å². The van der Waals surface area contributed by atoms with Gasteiger partial charge in [-0.3, -0.25) is 4.79 Å². The van der Waals surface area contributed by atoms with Crippen LogP contribution in [0.1, 0.15) is 39.5 Å². The van der Waals surface area contributed by atoms with Crippen LogP contribution >= 0.6 is 12.4 Å². The van der Waals surface area contributed by atoms with E-state index in [0.29, 0.717) is 17.9 Å². The Balaban J connectivity index is 0.00000289. The van der Waals surface area contributed by atoms with Crippen LogP contribution in [0, 0.1) is 11.8 Å². The number of hydrogen-bond donors (Lipinski definition) is 2. The molecule has 1 fully saturated rings. The van der Waals surface area contributed by atoms with Crippen molar-refractivity contribution in [1.82, 2.24) is 5.32 Å². The van der Waals surface area contributed by atoms with Crippen molar-refractivity contribution in [3.05, 3.63) is 0 Å². The normalized spacial score (nSPS) is 25.4. The summed E-state index contributed by atoms with van der Waals surface area (Å²) in [6, 6.07) is 0.292. The number of carbonyl (C=O) groups excluding carboxylic acids is 1. The fourth-order valence-corrected chi connectivity index (χ4v) is 2.72. The van der Waals surface area contributed by atoms with E-state index in [1.165, 1.54) is 26.4 Å². The van der Waals surface area contributed by atoms with Gasteiger partial charge in [-0.25, -0.2) is 0 Å². The minimum absolute atomic E-state index is 0. The molecule has 1 rings (SSSR count). The summed E-state index contributed by atoms with van der Waals surface area (Å²) in [5.74, 6) is 1.13. The minimum Gasteiger partial charge on any atom is -0.370 e. The second-order valence-corrected chi connectivity index (χ2v) is 5.27. The zero-order chi connectivity index (χ0) is 12.8. The van der Waals surface area contributed by atoms with E-state index in [-0.39, 0.29) is 24.9 Å². The monoisotopic (exact) mass is 278 g/mol. The second kappa shape index (κ2) is 8.73. The van der Waals surface area contributed by atoms with Crippen LogP contribution in [0.25, 0.3) is 0 Å². The smallest absolute Gasteiger partial charge is 0.250 e. The molecular weight excluding hydrogens is 252 g/mol. The summed E-state index contributed by atoms with van der Waals surface area (Å²) in [6.45, 7) is 4.69. The standard InChI is InChI=1S/C13H26N2O2.ClH/c1-9(2)10-6-4-5-7-11(10)15-13(16)12(8-14)17-3;/h9-12H,4-8,14H2,1-3H3,(H,15,16);1H. The van der Waals surface area contributed by atoms with Crippen molar-refractivity contribution in [3.8, 4) is 0 Å². The third-order valence-electron chi connectivity index (χ3n) is 3.79. The third-order valence-corrected chi connectivity index (χ3v) is 3.79. The molecule has 0 aliphatic heterocycles. The van der Waals surface area contributed by atoms with Gasteiger partial charge in [0.1, 0.15) is 6.10 Å². The van der Waals surface area contributed by atoms with Gasteiger partial charge < -0.3 is 15.8 Å². The van der Waals surface area contributed by atoms with Crippen LogP contribution in [0.15, 0.2) is 0 Å². The topological polar surface area (TPSA) is 64.3 Å². The van der Waals surface area contributed by atoms with Gasteiger partial charge in [0.2, 0.25) is 0 Å². The number of halogens is 1. The Labute approximate surface area is 116 Å². The molecule has 1 saturated carbocycles. The summed E-state index contributed by atoms with van der Waals surface area (Å²) in [5.41, 5.74) is 5.50. The van der Waals surface area contributed by atoms with E-state index in [0.717, 1.165) is 6.42 Å². The highest BCUT2D eigenvalue weighted by Crippen LogP contribution is 2.30. The Morgan fingerprint density at radius 1 is 1.39 bits per heavy atom. The lowest BCUT2D eigenvalue weighted by atomic mass is 9.78. The predicted molar refractivity (Wildman–Crippen MR) is 75.8 cm³/mol. The number of hydrogen-bond acceptors (Lipinski definition) is 3. The van der Waals surface area contributed by atoms with E-state index in [1.807, 2.05) is 0 Å². The molecule has 3 unspecified atom stereocenters. The Hall–Kier alpha value is -0.320. The molecule has 0 aromatic carbocycles. The van der Waals surface area contributed by atoms with Crippen LogP contribution in [0.4, 0.5) is 0 Å². The molecule has 1 amide bonds. The average Bonchev–Trinajstić information content (AvgIpc) is 2.31. The van der Waals surface area contributed by atoms with Gasteiger partial charge in [-0.1, -0.05) is 26.7 Å². The molecule has 1 aliphatic rings. The number of nitrogens with two attached hydrogens (primary N) is 1. The van der Waals surface area contributed by atoms with Crippen LogP contribution in [-0.4, -0.2) is 31.7 Å². The fraction of sp³-hybridized carbons (Fsp3) is 0.923. The van der Waals surface area contributed by atoms with Gasteiger partial charge in [-0.2, -0.15) is 0 Å². The number of nitrogens with one attached hydrogen (secondary N) is 1. The van der Waals surface area contributed by atoms with Gasteiger partial charge in [0.05, 0.1) is 0 Å². The fourth-order valence-electron chi connectivity index (χ4n) is 2.72. The molecule has 1 aliphatic carbocycles. The Kier molecular flexibility index (Phi) is 8.57. The molecule has 0 aromatic rings. The van der Waals surface area contributed by atoms with Gasteiger partial charge >= 0.3 is 0 Å². The van der Waals surface area contributed by atoms with Crippen LogP contribution < -0.4 is 11.1 Å². The number of rotatable bonds is 5. The maximum atomic E-state index is 11.9. The minimum atomic E-state index is -0.510. The highest BCUT2D eigenvalue weighted by atomic mass is 35.5. The van der Waals surface area contributed by atoms with Crippen LogP contribution in [0.2, 0.25) is 0 Å². The van der Waals surface area contributed by atoms with Crippen LogP contribution in [0.5, 0.6) is 0 Å². The molecule has 5 heteroatoms. The first kappa shape index (κ1) is 17.7. The summed E-state index contributed by atoms with van der Waals surface area (Å²) >= 11 is 0. The number of amides is 1. The lowest BCUT2D eigenvalue weighted by Gasteiger charge is -2.35. The van der Waals surface area contributed by atoms with Gasteiger partial charge in [0.15, 0.2) is 0 Å². The Morgan fingerprint density at radius 2 is 2.00 bits per heavy atom. The van der Waals surface area contributed by atoms with E-state index in [9.17, 15) is 4.79 Å². The molecule has 3 atom stereocenters. The second-order valence-electron chi connectivity index (χ2n) is 5.27. The van der Waals surface area contributed by atoms with Crippen LogP contribution in [0.3, 0.4) is 0 Å². The number of methoxy groups -OCH3 is 1. The SMILES string of the molecule is COC(CN)C(=O)NC1CCCCC1C(C)C.Cl. The number of carbonyl (C=O) groups is 1.